The second kappa shape index (κ2) is 30.0. The first-order valence-corrected chi connectivity index (χ1v) is 28.2. The summed E-state index contributed by atoms with van der Waals surface area (Å²) in [4.78, 5) is 49.4. The summed E-state index contributed by atoms with van der Waals surface area (Å²) >= 11 is 0. The van der Waals surface area contributed by atoms with E-state index in [0.29, 0.717) is 0 Å². The highest BCUT2D eigenvalue weighted by atomic mass is 32.3. The van der Waals surface area contributed by atoms with Crippen LogP contribution in [0.5, 0.6) is 0 Å². The monoisotopic (exact) mass is 1280 g/mol. The minimum absolute atomic E-state index is 0.800. The van der Waals surface area contributed by atoms with Crippen molar-refractivity contribution in [2.45, 2.75) is 180 Å². The Labute approximate surface area is 469 Å². The lowest BCUT2D eigenvalue weighted by atomic mass is 9.88. The van der Waals surface area contributed by atoms with Crippen molar-refractivity contribution in [2.24, 2.45) is 0 Å². The minimum Gasteiger partial charge on any atom is -0.477 e. The first-order chi connectivity index (χ1) is 38.2. The lowest BCUT2D eigenvalue weighted by Gasteiger charge is -2.50. The third-order valence-corrected chi connectivity index (χ3v) is 14.1. The van der Waals surface area contributed by atoms with Crippen LogP contribution >= 0.6 is 0 Å². The Morgan fingerprint density at radius 3 is 1.63 bits per heavy atom. The fourth-order valence-electron chi connectivity index (χ4n) is 8.85. The fourth-order valence-corrected chi connectivity index (χ4v) is 9.77. The number of carbonyl (C=O) groups excluding carboxylic acids is 3. The highest BCUT2D eigenvalue weighted by Gasteiger charge is 2.59. The number of hydrogen-bond donors (Lipinski definition) is 20. The average molecular weight is 1280 g/mol. The summed E-state index contributed by atoms with van der Waals surface area (Å²) in [5.41, 5.74) is 0. The smallest absolute Gasteiger partial charge is 0.397 e. The van der Waals surface area contributed by atoms with Crippen LogP contribution in [0.15, 0.2) is 0 Å². The van der Waals surface area contributed by atoms with Crippen molar-refractivity contribution in [3.05, 3.63) is 0 Å². The number of hydrogen-bond acceptors (Lipinski definition) is 34. The molecule has 4 heterocycles. The number of ether oxygens (including phenoxy) is 8. The van der Waals surface area contributed by atoms with Gasteiger partial charge in [0.25, 0.3) is 5.79 Å². The van der Waals surface area contributed by atoms with Crippen LogP contribution < -0.4 is 16.0 Å². The van der Waals surface area contributed by atoms with Crippen molar-refractivity contribution < 1.29 is 180 Å². The molecule has 0 spiro atoms. The molecule has 0 radical (unpaired) electrons. The van der Waals surface area contributed by atoms with Crippen LogP contribution in [-0.4, -0.2) is 326 Å². The Hall–Kier alpha value is -3.35. The number of carbonyl (C=O) groups is 4. The van der Waals surface area contributed by atoms with E-state index in [1.165, 1.54) is 0 Å². The topological polar surface area (TPSA) is 652 Å². The predicted octanol–water partition coefficient (Wildman–Crippen LogP) is -13.2. The SMILES string of the molecule is CC(=O)N[C@H]1[C@H](O[C@H]2[C@@H](O)[C@@H](COS(=O)(=O)O)O[C@@H](O[C@@H]([C@H](O)[C@H](CO)NC(C)=O)[C@H](O)COS(=O)(=O)O)[C@@H]2O)O[C@H](COS(=O)(=O)O)[C@@H](O[C@@H]2O[C@H](CO[C@]3(C(=O)O)C[C@H](O)[C@@H](NC(C)=O)[C@H]([C@H](O)[C@H](O)CO)O3)[C@H](O)[C@H](O)[C@H]2O)[C@@H]1O. The third-order valence-electron chi connectivity index (χ3n) is 12.8. The molecule has 4 fully saturated rings. The summed E-state index contributed by atoms with van der Waals surface area (Å²) in [5, 5.41) is 158. The molecule has 4 aliphatic rings. The Morgan fingerprint density at radius 2 is 1.11 bits per heavy atom. The van der Waals surface area contributed by atoms with Crippen molar-refractivity contribution in [2.75, 3.05) is 39.6 Å². The lowest BCUT2D eigenvalue weighted by Crippen LogP contribution is -2.70. The van der Waals surface area contributed by atoms with Gasteiger partial charge in [-0.25, -0.2) is 17.3 Å². The molecule has 0 aliphatic carbocycles. The zero-order valence-corrected chi connectivity index (χ0v) is 45.7. The first kappa shape index (κ1) is 72.1. The van der Waals surface area contributed by atoms with E-state index in [4.69, 9.17) is 42.4 Å². The van der Waals surface area contributed by atoms with E-state index in [9.17, 15) is 125 Å². The molecule has 4 aliphatic heterocycles. The molecule has 484 valence electrons. The van der Waals surface area contributed by atoms with Crippen LogP contribution in [0.3, 0.4) is 0 Å². The quantitative estimate of drug-likeness (QED) is 0.0309. The summed E-state index contributed by atoms with van der Waals surface area (Å²) in [7, 11) is -16.4. The van der Waals surface area contributed by atoms with Gasteiger partial charge in [0.2, 0.25) is 17.7 Å². The average Bonchev–Trinajstić information content (AvgIpc) is 3.59. The Bertz CT molecular complexity index is 2500. The van der Waals surface area contributed by atoms with Crippen molar-refractivity contribution in [1.29, 1.82) is 0 Å². The largest absolute Gasteiger partial charge is 0.477 e. The maximum atomic E-state index is 12.8. The van der Waals surface area contributed by atoms with Crippen LogP contribution in [0.2, 0.25) is 0 Å². The number of amides is 3. The Morgan fingerprint density at radius 1 is 0.590 bits per heavy atom. The van der Waals surface area contributed by atoms with Crippen LogP contribution in [0.4, 0.5) is 0 Å². The maximum Gasteiger partial charge on any atom is 0.397 e. The molecule has 25 atom stereocenters. The third kappa shape index (κ3) is 19.8. The van der Waals surface area contributed by atoms with E-state index in [-0.39, 0.29) is 0 Å². The first-order valence-electron chi connectivity index (χ1n) is 24.1. The molecular formula is C39H67N3O38S3. The Balaban J connectivity index is 1.73. The molecule has 0 aromatic heterocycles. The predicted molar refractivity (Wildman–Crippen MR) is 252 cm³/mol. The molecule has 83 heavy (non-hydrogen) atoms. The molecule has 20 N–H and O–H groups in total. The second-order valence-corrected chi connectivity index (χ2v) is 22.2. The van der Waals surface area contributed by atoms with Crippen molar-refractivity contribution in [3.63, 3.8) is 0 Å². The molecule has 4 rings (SSSR count). The van der Waals surface area contributed by atoms with Gasteiger partial charge in [-0.3, -0.25) is 28.0 Å². The number of nitrogens with one attached hydrogen (secondary N) is 3. The molecule has 4 saturated heterocycles. The molecule has 0 aromatic carbocycles. The van der Waals surface area contributed by atoms with Gasteiger partial charge in [0.05, 0.1) is 57.8 Å². The van der Waals surface area contributed by atoms with E-state index < -0.39 is 254 Å². The van der Waals surface area contributed by atoms with Gasteiger partial charge in [-0.1, -0.05) is 0 Å². The molecule has 44 heteroatoms. The van der Waals surface area contributed by atoms with Gasteiger partial charge in [0.15, 0.2) is 18.9 Å². The number of aliphatic hydroxyl groups is 13. The number of carboxylic acids is 1. The summed E-state index contributed by atoms with van der Waals surface area (Å²) < 4.78 is 156. The van der Waals surface area contributed by atoms with E-state index >= 15 is 0 Å². The number of aliphatic carboxylic acids is 1. The van der Waals surface area contributed by atoms with Crippen LogP contribution in [0.25, 0.3) is 0 Å². The minimum atomic E-state index is -5.54. The van der Waals surface area contributed by atoms with Crippen LogP contribution in [0, 0.1) is 0 Å². The van der Waals surface area contributed by atoms with E-state index in [2.05, 4.69) is 23.2 Å². The van der Waals surface area contributed by atoms with Crippen LogP contribution in [-0.2, 0) is 101 Å². The molecule has 0 aromatic rings. The molecule has 41 nitrogen and oxygen atoms in total. The zero-order valence-electron chi connectivity index (χ0n) is 43.2. The molecule has 0 bridgehead atoms. The molecular weight excluding hydrogens is 1210 g/mol. The van der Waals surface area contributed by atoms with Crippen molar-refractivity contribution in [3.8, 4) is 0 Å². The van der Waals surface area contributed by atoms with E-state index in [0.717, 1.165) is 20.8 Å². The summed E-state index contributed by atoms with van der Waals surface area (Å²) in [6, 6.07) is -5.71. The molecule has 0 saturated carbocycles. The number of rotatable bonds is 29. The van der Waals surface area contributed by atoms with Crippen molar-refractivity contribution in [1.82, 2.24) is 16.0 Å². The van der Waals surface area contributed by atoms with E-state index in [1.54, 1.807) is 0 Å². The number of aliphatic hydroxyl groups excluding tert-OH is 13. The number of carboxylic acid groups (broad SMARTS) is 1. The van der Waals surface area contributed by atoms with Gasteiger partial charge >= 0.3 is 37.2 Å². The molecule has 3 amide bonds. The standard InChI is InChI=1S/C39H67N3O38S3/c1-11(45)40-14(5-43)23(51)31(17(50)7-71-81(61,62)63)77-37-30(58)34(26(54)19(75-37)9-72-82(64,65)66)79-35-22(42-13(3)47)27(55)32(20(76-35)10-73-83(67,68)69)78-36-29(57)28(56)25(53)18(74-36)8-70-39(38(59)60)4-15(48)21(41-12(2)46)33(80-39)24(52)16(49)6-44/h14-37,43-44,48-58H,4-10H2,1-3H3,(H,40,45)(H,41,46)(H,42,47)(H,59,60)(H,61,62,63)(H,64,65,66)(H,67,68,69)/t14-,15-,16+,17+,18+,19+,20+,21+,22+,23+,24+,25-,26-,27+,28-,29+,30+,31+,32+,33+,34-,35-,36-,37-,39+/m0/s1. The van der Waals surface area contributed by atoms with Gasteiger partial charge in [0.1, 0.15) is 110 Å². The van der Waals surface area contributed by atoms with Gasteiger partial charge < -0.3 is 125 Å². The lowest BCUT2D eigenvalue weighted by molar-refractivity contribution is -0.375. The fraction of sp³-hybridized carbons (Fsp3) is 0.897. The highest BCUT2D eigenvalue weighted by Crippen LogP contribution is 2.37. The van der Waals surface area contributed by atoms with Gasteiger partial charge in [-0.2, -0.15) is 25.3 Å². The normalized spacial score (nSPS) is 36.8. The second-order valence-electron chi connectivity index (χ2n) is 19.0. The maximum absolute atomic E-state index is 12.8. The van der Waals surface area contributed by atoms with Gasteiger partial charge in [-0.15, -0.1) is 0 Å². The van der Waals surface area contributed by atoms with Crippen LogP contribution in [0.1, 0.15) is 27.2 Å². The zero-order chi connectivity index (χ0) is 63.0. The summed E-state index contributed by atoms with van der Waals surface area (Å²) in [6.45, 7) is -5.46. The highest BCUT2D eigenvalue weighted by molar-refractivity contribution is 7.81. The van der Waals surface area contributed by atoms with Gasteiger partial charge in [-0.05, 0) is 0 Å². The van der Waals surface area contributed by atoms with Gasteiger partial charge in [0, 0.05) is 27.2 Å². The van der Waals surface area contributed by atoms with E-state index in [1.807, 2.05) is 5.32 Å². The Kier molecular flexibility index (Phi) is 26.1. The molecule has 0 unspecified atom stereocenters. The van der Waals surface area contributed by atoms with Crippen molar-refractivity contribution >= 4 is 54.9 Å². The summed E-state index contributed by atoms with van der Waals surface area (Å²) in [5.74, 6) is -8.08. The summed E-state index contributed by atoms with van der Waals surface area (Å²) in [6.07, 6.45) is -50.7.